The van der Waals surface area contributed by atoms with Crippen LogP contribution in [0.1, 0.15) is 112 Å². The van der Waals surface area contributed by atoms with Crippen molar-refractivity contribution in [1.29, 1.82) is 0 Å². The third kappa shape index (κ3) is 12.5. The van der Waals surface area contributed by atoms with Gasteiger partial charge in [-0.2, -0.15) is 13.2 Å². The number of amides is 3. The van der Waals surface area contributed by atoms with Gasteiger partial charge in [-0.05, 0) is 144 Å². The third-order valence-electron chi connectivity index (χ3n) is 17.3. The number of piperidine rings is 1. The molecule has 0 radical (unpaired) electrons. The van der Waals surface area contributed by atoms with Gasteiger partial charge in [0.15, 0.2) is 0 Å². The number of ether oxygens (including phenoxy) is 3. The number of imidazole rings is 1. The van der Waals surface area contributed by atoms with Gasteiger partial charge in [0.1, 0.15) is 18.5 Å². The summed E-state index contributed by atoms with van der Waals surface area (Å²) >= 11 is 0. The summed E-state index contributed by atoms with van der Waals surface area (Å²) in [7, 11) is 0.270. The molecule has 424 valence electrons. The van der Waals surface area contributed by atoms with Crippen LogP contribution < -0.4 is 20.6 Å². The Morgan fingerprint density at radius 1 is 0.910 bits per heavy atom. The van der Waals surface area contributed by atoms with Crippen LogP contribution in [-0.2, 0) is 37.6 Å². The smallest absolute Gasteiger partial charge is 0.395 e. The number of nitrogens with one attached hydrogen (secondary N) is 1. The highest BCUT2D eigenvalue weighted by Gasteiger charge is 2.49. The molecule has 0 saturated carbocycles. The molecule has 3 aromatic carbocycles. The average molecular weight is 1100 g/mol. The summed E-state index contributed by atoms with van der Waals surface area (Å²) in [5.74, 6) is 0.386. The molecule has 4 aliphatic heterocycles. The lowest BCUT2D eigenvalue weighted by Crippen LogP contribution is -2.48. The van der Waals surface area contributed by atoms with Crippen molar-refractivity contribution in [2.45, 2.75) is 141 Å². The number of carbonyl (C=O) groups excluding carboxylic acids is 3. The second-order valence-electron chi connectivity index (χ2n) is 25.1. The Labute approximate surface area is 459 Å². The first-order chi connectivity index (χ1) is 37.0. The van der Waals surface area contributed by atoms with Gasteiger partial charge in [0.2, 0.25) is 5.91 Å². The normalized spacial score (nSPS) is 22.1. The SMILES string of the molecule is COc1ccc([C@]2(CCN(Cc3ccc(C4=CC[C@H](CNCCN5CCN6CCn7c(=O)n(C8CCC(=O)N(COCC[Si](C)(C)C)C8=O)c8ccc(c6c87)C5=O)CC4)cc3)CC(C)(C)C(F)(F)F)CCOC(C)(C)C2)cc1. The van der Waals surface area contributed by atoms with E-state index in [2.05, 4.69) is 86.2 Å². The van der Waals surface area contributed by atoms with Gasteiger partial charge in [0.25, 0.3) is 11.8 Å². The summed E-state index contributed by atoms with van der Waals surface area (Å²) in [6.45, 7) is 19.3. The summed E-state index contributed by atoms with van der Waals surface area (Å²) < 4.78 is 64.0. The molecule has 1 unspecified atom stereocenters. The highest BCUT2D eigenvalue weighted by molar-refractivity contribution is 6.76. The molecule has 2 saturated heterocycles. The summed E-state index contributed by atoms with van der Waals surface area (Å²) in [4.78, 5) is 62.6. The van der Waals surface area contributed by atoms with E-state index in [1.54, 1.807) is 23.8 Å². The zero-order valence-electron chi connectivity index (χ0n) is 47.2. The predicted molar refractivity (Wildman–Crippen MR) is 302 cm³/mol. The number of alkyl halides is 3. The van der Waals surface area contributed by atoms with E-state index in [9.17, 15) is 32.3 Å². The monoisotopic (exact) mass is 1100 g/mol. The van der Waals surface area contributed by atoms with E-state index in [0.717, 1.165) is 77.7 Å². The number of aromatic nitrogens is 2. The number of likely N-dealkylation sites (tertiary alicyclic amines) is 1. The predicted octanol–water partition coefficient (Wildman–Crippen LogP) is 9.87. The highest BCUT2D eigenvalue weighted by Crippen LogP contribution is 2.46. The lowest BCUT2D eigenvalue weighted by atomic mass is 9.67. The number of carbonyl (C=O) groups is 3. The Balaban J connectivity index is 0.796. The molecule has 0 spiro atoms. The number of methoxy groups -OCH3 is 1. The average Bonchev–Trinajstić information content (AvgIpc) is 3.77. The number of nitrogens with zero attached hydrogens (tertiary/aromatic N) is 6. The fourth-order valence-corrected chi connectivity index (χ4v) is 13.3. The first kappa shape index (κ1) is 57.4. The zero-order chi connectivity index (χ0) is 55.8. The minimum Gasteiger partial charge on any atom is -0.497 e. The maximum Gasteiger partial charge on any atom is 0.395 e. The fraction of sp³-hybridized carbons (Fsp3) is 0.600. The van der Waals surface area contributed by atoms with E-state index in [0.29, 0.717) is 94.5 Å². The fourth-order valence-electron chi connectivity index (χ4n) is 12.6. The van der Waals surface area contributed by atoms with E-state index in [4.69, 9.17) is 14.2 Å². The molecule has 5 aliphatic rings. The molecule has 4 aromatic rings. The van der Waals surface area contributed by atoms with Gasteiger partial charge in [-0.15, -0.1) is 0 Å². The van der Waals surface area contributed by atoms with E-state index in [1.807, 2.05) is 21.9 Å². The molecule has 1 aromatic heterocycles. The topological polar surface area (TPSA) is 131 Å². The van der Waals surface area contributed by atoms with Crippen molar-refractivity contribution >= 4 is 48.1 Å². The zero-order valence-corrected chi connectivity index (χ0v) is 48.2. The van der Waals surface area contributed by atoms with Gasteiger partial charge in [0.05, 0.1) is 40.4 Å². The van der Waals surface area contributed by atoms with Crippen molar-refractivity contribution in [2.24, 2.45) is 11.3 Å². The standard InChI is InChI=1S/C60H82F3N7O7Si/c1-57(2,60(61,62)63)40-65(28-25-59(26-34-77-58(3,4)39-59)46-17-19-47(75-5)20-18-46)38-43-11-15-45(16-12-43)44-13-9-42(10-14-44)37-64-27-29-67-31-30-66-32-33-68-53-49(22-21-48(52(53)66)54(67)72)70(56(68)74)50-23-24-51(71)69(55(50)73)41-76-35-36-78(6,7)8/h11-13,15-22,42,50,64H,9-10,14,23-41H2,1-8H3/t42-,50?,59+/m0/s1. The van der Waals surface area contributed by atoms with Crippen LogP contribution in [-0.4, -0.2) is 141 Å². The Hall–Kier alpha value is -5.27. The molecule has 2 fully saturated rings. The number of benzene rings is 3. The van der Waals surface area contributed by atoms with Crippen molar-refractivity contribution in [3.8, 4) is 5.75 Å². The van der Waals surface area contributed by atoms with Gasteiger partial charge >= 0.3 is 11.9 Å². The minimum absolute atomic E-state index is 0.0860. The number of imide groups is 1. The van der Waals surface area contributed by atoms with Crippen LogP contribution in [0.4, 0.5) is 18.9 Å². The summed E-state index contributed by atoms with van der Waals surface area (Å²) in [6.07, 6.45) is 3.41. The van der Waals surface area contributed by atoms with Crippen LogP contribution in [0.2, 0.25) is 25.7 Å². The van der Waals surface area contributed by atoms with Crippen molar-refractivity contribution in [2.75, 3.05) is 84.3 Å². The molecule has 0 bridgehead atoms. The molecule has 3 atom stereocenters. The van der Waals surface area contributed by atoms with Crippen LogP contribution >= 0.6 is 0 Å². The number of rotatable bonds is 21. The molecular formula is C60H82F3N7O7Si. The molecule has 9 rings (SSSR count). The first-order valence-electron chi connectivity index (χ1n) is 28.3. The van der Waals surface area contributed by atoms with Crippen LogP contribution in [0.3, 0.4) is 0 Å². The number of anilines is 1. The number of hydrogen-bond acceptors (Lipinski definition) is 10. The second kappa shape index (κ2) is 23.1. The molecule has 78 heavy (non-hydrogen) atoms. The number of hydrogen-bond donors (Lipinski definition) is 1. The van der Waals surface area contributed by atoms with Crippen LogP contribution in [0.25, 0.3) is 16.6 Å². The van der Waals surface area contributed by atoms with E-state index < -0.39 is 31.6 Å². The second-order valence-corrected chi connectivity index (χ2v) is 30.8. The molecule has 3 amide bonds. The minimum atomic E-state index is -4.35. The quantitative estimate of drug-likeness (QED) is 0.0489. The lowest BCUT2D eigenvalue weighted by molar-refractivity contribution is -0.217. The highest BCUT2D eigenvalue weighted by atomic mass is 28.3. The van der Waals surface area contributed by atoms with E-state index >= 15 is 0 Å². The summed E-state index contributed by atoms with van der Waals surface area (Å²) in [6, 6.07) is 20.2. The maximum absolute atomic E-state index is 14.4. The van der Waals surface area contributed by atoms with Crippen molar-refractivity contribution < 1.29 is 41.8 Å². The van der Waals surface area contributed by atoms with Gasteiger partial charge < -0.3 is 29.3 Å². The largest absolute Gasteiger partial charge is 0.497 e. The van der Waals surface area contributed by atoms with Crippen LogP contribution in [0.5, 0.6) is 5.75 Å². The Morgan fingerprint density at radius 3 is 2.33 bits per heavy atom. The molecule has 1 N–H and O–H groups in total. The Kier molecular flexibility index (Phi) is 17.0. The Bertz CT molecular complexity index is 2910. The van der Waals surface area contributed by atoms with E-state index in [1.165, 1.54) is 24.0 Å². The van der Waals surface area contributed by atoms with Crippen molar-refractivity contribution in [3.05, 3.63) is 99.5 Å². The molecular weight excluding hydrogens is 1020 g/mol. The van der Waals surface area contributed by atoms with Crippen LogP contribution in [0.15, 0.2) is 71.5 Å². The Morgan fingerprint density at radius 2 is 1.65 bits per heavy atom. The van der Waals surface area contributed by atoms with Gasteiger partial charge in [-0.3, -0.25) is 33.3 Å². The maximum atomic E-state index is 14.4. The van der Waals surface area contributed by atoms with Crippen molar-refractivity contribution in [3.63, 3.8) is 0 Å². The van der Waals surface area contributed by atoms with E-state index in [-0.39, 0.29) is 54.6 Å². The van der Waals surface area contributed by atoms with Gasteiger partial charge in [-0.1, -0.05) is 62.1 Å². The lowest BCUT2D eigenvalue weighted by Gasteiger charge is -2.46. The summed E-state index contributed by atoms with van der Waals surface area (Å²) in [5, 5.41) is 3.63. The van der Waals surface area contributed by atoms with Gasteiger partial charge in [0, 0.05) is 85.5 Å². The number of allylic oxidation sites excluding steroid dienone is 2. The number of halogens is 3. The molecule has 18 heteroatoms. The van der Waals surface area contributed by atoms with Crippen molar-refractivity contribution in [1.82, 2.24) is 29.2 Å². The molecule has 5 heterocycles. The van der Waals surface area contributed by atoms with Crippen LogP contribution in [0, 0.1) is 11.3 Å². The first-order valence-corrected chi connectivity index (χ1v) is 32.0. The molecule has 1 aliphatic carbocycles. The van der Waals surface area contributed by atoms with Gasteiger partial charge in [-0.25, -0.2) is 4.79 Å². The molecule has 14 nitrogen and oxygen atoms in total. The third-order valence-corrected chi connectivity index (χ3v) is 19.0. The summed E-state index contributed by atoms with van der Waals surface area (Å²) in [5.41, 5.74) is 4.26.